The van der Waals surface area contributed by atoms with Gasteiger partial charge in [-0.25, -0.2) is 12.4 Å². The molecule has 1 aromatic heterocycles. The molecule has 23 heavy (non-hydrogen) atoms. The molecule has 0 unspecified atom stereocenters. The average Bonchev–Trinajstić information content (AvgIpc) is 2.85. The van der Waals surface area contributed by atoms with Crippen LogP contribution < -0.4 is 4.90 Å². The third-order valence-electron chi connectivity index (χ3n) is 3.55. The molecule has 0 radical (unpaired) electrons. The number of benzene rings is 2. The maximum atomic E-state index is 12.9. The Kier molecular flexibility index (Phi) is 3.65. The van der Waals surface area contributed by atoms with E-state index in [0.717, 1.165) is 21.2 Å². The molecule has 0 aliphatic heterocycles. The second-order valence-corrected chi connectivity index (χ2v) is 7.44. The monoisotopic (exact) mass is 349 g/mol. The van der Waals surface area contributed by atoms with E-state index in [2.05, 4.69) is 4.98 Å². The highest BCUT2D eigenvalue weighted by Crippen LogP contribution is 2.31. The lowest BCUT2D eigenvalue weighted by Crippen LogP contribution is -2.13. The molecule has 2 N–H and O–H groups in total. The third-order valence-corrected chi connectivity index (χ3v) is 5.68. The van der Waals surface area contributed by atoms with Crippen LogP contribution in [0.1, 0.15) is 0 Å². The largest absolute Gasteiger partial charge is 0.493 e. The number of hydrogen-bond acceptors (Lipinski definition) is 5. The van der Waals surface area contributed by atoms with Crippen LogP contribution in [0.2, 0.25) is 0 Å². The van der Waals surface area contributed by atoms with E-state index in [1.807, 2.05) is 37.2 Å². The molecule has 3 rings (SSSR count). The Hall–Kier alpha value is -2.32. The average molecular weight is 349 g/mol. The lowest BCUT2D eigenvalue weighted by Gasteiger charge is -2.17. The van der Waals surface area contributed by atoms with Crippen molar-refractivity contribution < 1.29 is 13.5 Å². The molecule has 0 bridgehead atoms. The van der Waals surface area contributed by atoms with Gasteiger partial charge in [-0.15, -0.1) is 0 Å². The van der Waals surface area contributed by atoms with E-state index in [4.69, 9.17) is 12.2 Å². The Morgan fingerprint density at radius 1 is 1.13 bits per heavy atom. The van der Waals surface area contributed by atoms with E-state index in [1.54, 1.807) is 12.1 Å². The highest BCUT2D eigenvalue weighted by molar-refractivity contribution is 7.90. The minimum absolute atomic E-state index is 0.0803. The summed E-state index contributed by atoms with van der Waals surface area (Å²) < 4.78 is 26.6. The van der Waals surface area contributed by atoms with Crippen molar-refractivity contribution in [2.75, 3.05) is 19.0 Å². The van der Waals surface area contributed by atoms with Gasteiger partial charge in [0.15, 0.2) is 4.77 Å². The van der Waals surface area contributed by atoms with Gasteiger partial charge in [0.1, 0.15) is 0 Å². The SMILES string of the molecule is CN(C)c1cccc2c(S(=O)(=O)n3cc(O)[nH]c3=S)cccc12. The molecule has 1 heterocycles. The van der Waals surface area contributed by atoms with Crippen LogP contribution in [0.25, 0.3) is 10.8 Å². The van der Waals surface area contributed by atoms with Crippen molar-refractivity contribution in [3.63, 3.8) is 0 Å². The van der Waals surface area contributed by atoms with Crippen molar-refractivity contribution in [3.05, 3.63) is 47.4 Å². The molecule has 0 saturated carbocycles. The Morgan fingerprint density at radius 3 is 2.39 bits per heavy atom. The fourth-order valence-corrected chi connectivity index (χ4v) is 4.40. The van der Waals surface area contributed by atoms with E-state index < -0.39 is 10.0 Å². The zero-order valence-electron chi connectivity index (χ0n) is 12.5. The molecule has 0 saturated heterocycles. The highest BCUT2D eigenvalue weighted by atomic mass is 32.2. The summed E-state index contributed by atoms with van der Waals surface area (Å²) in [7, 11) is -0.117. The van der Waals surface area contributed by atoms with Crippen LogP contribution in [0.3, 0.4) is 0 Å². The Bertz CT molecular complexity index is 1050. The number of aromatic hydroxyl groups is 1. The van der Waals surface area contributed by atoms with E-state index >= 15 is 0 Å². The van der Waals surface area contributed by atoms with Crippen molar-refractivity contribution in [2.24, 2.45) is 0 Å². The van der Waals surface area contributed by atoms with E-state index in [-0.39, 0.29) is 15.5 Å². The van der Waals surface area contributed by atoms with Gasteiger partial charge in [-0.1, -0.05) is 24.3 Å². The zero-order chi connectivity index (χ0) is 16.8. The number of imidazole rings is 1. The van der Waals surface area contributed by atoms with Crippen molar-refractivity contribution >= 4 is 38.7 Å². The Balaban J connectivity index is 2.35. The topological polar surface area (TPSA) is 78.3 Å². The molecule has 0 spiro atoms. The summed E-state index contributed by atoms with van der Waals surface area (Å²) in [5.74, 6) is -0.298. The maximum Gasteiger partial charge on any atom is 0.270 e. The Labute approximate surface area is 138 Å². The first-order valence-corrected chi connectivity index (χ1v) is 8.62. The van der Waals surface area contributed by atoms with Gasteiger partial charge < -0.3 is 15.0 Å². The summed E-state index contributed by atoms with van der Waals surface area (Å²) in [5.41, 5.74) is 0.917. The third kappa shape index (κ3) is 2.49. The van der Waals surface area contributed by atoms with Gasteiger partial charge in [0.05, 0.1) is 11.1 Å². The van der Waals surface area contributed by atoms with Crippen LogP contribution >= 0.6 is 12.2 Å². The summed E-state index contributed by atoms with van der Waals surface area (Å²) in [6.07, 6.45) is 1.06. The van der Waals surface area contributed by atoms with Gasteiger partial charge in [0.25, 0.3) is 10.0 Å². The number of H-pyrrole nitrogens is 1. The summed E-state index contributed by atoms with van der Waals surface area (Å²) >= 11 is 4.97. The molecule has 0 aliphatic rings. The van der Waals surface area contributed by atoms with Gasteiger partial charge in [0, 0.05) is 30.6 Å². The number of hydrogen-bond donors (Lipinski definition) is 2. The predicted molar refractivity (Wildman–Crippen MR) is 92.1 cm³/mol. The molecule has 120 valence electrons. The minimum Gasteiger partial charge on any atom is -0.493 e. The smallest absolute Gasteiger partial charge is 0.270 e. The molecule has 2 aromatic carbocycles. The van der Waals surface area contributed by atoms with E-state index in [9.17, 15) is 13.5 Å². The second-order valence-electron chi connectivity index (χ2n) is 5.27. The lowest BCUT2D eigenvalue weighted by molar-refractivity contribution is 0.456. The maximum absolute atomic E-state index is 12.9. The van der Waals surface area contributed by atoms with Crippen LogP contribution in [0.15, 0.2) is 47.5 Å². The molecule has 0 aliphatic carbocycles. The van der Waals surface area contributed by atoms with Crippen molar-refractivity contribution in [1.29, 1.82) is 0 Å². The molecule has 0 atom stereocenters. The first kappa shape index (κ1) is 15.6. The van der Waals surface area contributed by atoms with Gasteiger partial charge in [-0.3, -0.25) is 0 Å². The molecular formula is C15H15N3O3S2. The number of rotatable bonds is 3. The summed E-state index contributed by atoms with van der Waals surface area (Å²) in [5, 5.41) is 10.9. The molecule has 6 nitrogen and oxygen atoms in total. The summed E-state index contributed by atoms with van der Waals surface area (Å²) in [4.78, 5) is 4.46. The minimum atomic E-state index is -3.92. The first-order chi connectivity index (χ1) is 10.8. The first-order valence-electron chi connectivity index (χ1n) is 6.77. The van der Waals surface area contributed by atoms with Gasteiger partial charge >= 0.3 is 0 Å². The summed E-state index contributed by atoms with van der Waals surface area (Å²) in [6.45, 7) is 0. The van der Waals surface area contributed by atoms with Crippen LogP contribution in [-0.2, 0) is 10.0 Å². The number of fused-ring (bicyclic) bond motifs is 1. The number of aromatic nitrogens is 2. The number of anilines is 1. The van der Waals surface area contributed by atoms with Crippen molar-refractivity contribution in [3.8, 4) is 5.88 Å². The van der Waals surface area contributed by atoms with Crippen LogP contribution in [0.4, 0.5) is 5.69 Å². The fourth-order valence-electron chi connectivity index (χ4n) is 2.53. The predicted octanol–water partition coefficient (Wildman–Crippen LogP) is 2.71. The molecular weight excluding hydrogens is 334 g/mol. The standard InChI is InChI=1S/C15H15N3O3S2/c1-17(2)12-7-3-6-11-10(12)5-4-8-13(11)23(20,21)18-9-14(19)16-15(18)22/h3-9,19H,1-2H3,(H,16,22). The molecule has 0 amide bonds. The van der Waals surface area contributed by atoms with Crippen LogP contribution in [-0.4, -0.2) is 36.6 Å². The lowest BCUT2D eigenvalue weighted by atomic mass is 10.1. The van der Waals surface area contributed by atoms with Gasteiger partial charge in [-0.2, -0.15) is 0 Å². The van der Waals surface area contributed by atoms with Crippen LogP contribution in [0, 0.1) is 4.77 Å². The number of aromatic amines is 1. The Morgan fingerprint density at radius 2 is 1.78 bits per heavy atom. The van der Waals surface area contributed by atoms with E-state index in [1.165, 1.54) is 6.07 Å². The molecule has 0 fully saturated rings. The van der Waals surface area contributed by atoms with Gasteiger partial charge in [-0.05, 0) is 24.4 Å². The molecule has 3 aromatic rings. The second kappa shape index (κ2) is 5.39. The highest BCUT2D eigenvalue weighted by Gasteiger charge is 2.22. The normalized spacial score (nSPS) is 11.7. The number of nitrogens with zero attached hydrogens (tertiary/aromatic N) is 2. The van der Waals surface area contributed by atoms with Crippen molar-refractivity contribution in [2.45, 2.75) is 4.90 Å². The summed E-state index contributed by atoms with van der Waals surface area (Å²) in [6, 6.07) is 10.6. The molecule has 8 heteroatoms. The van der Waals surface area contributed by atoms with Crippen molar-refractivity contribution in [1.82, 2.24) is 8.96 Å². The fraction of sp³-hybridized carbons (Fsp3) is 0.133. The van der Waals surface area contributed by atoms with E-state index in [0.29, 0.717) is 5.39 Å². The van der Waals surface area contributed by atoms with Gasteiger partial charge in [0.2, 0.25) is 5.88 Å². The zero-order valence-corrected chi connectivity index (χ0v) is 14.1. The van der Waals surface area contributed by atoms with Crippen LogP contribution in [0.5, 0.6) is 5.88 Å². The number of nitrogens with one attached hydrogen (secondary N) is 1. The quantitative estimate of drug-likeness (QED) is 0.711.